The average molecular weight is 328 g/mol. The van der Waals surface area contributed by atoms with Gasteiger partial charge in [0.25, 0.3) is 0 Å². The van der Waals surface area contributed by atoms with Crippen LogP contribution in [0.5, 0.6) is 0 Å². The molecule has 0 aliphatic rings. The van der Waals surface area contributed by atoms with Crippen LogP contribution in [0.25, 0.3) is 0 Å². The second-order valence-corrected chi connectivity index (χ2v) is 5.40. The second-order valence-electron chi connectivity index (χ2n) is 5.40. The molecule has 0 saturated carbocycles. The van der Waals surface area contributed by atoms with Gasteiger partial charge in [-0.25, -0.2) is 0 Å². The van der Waals surface area contributed by atoms with Crippen molar-refractivity contribution < 1.29 is 20.6 Å². The number of hydrogen-bond acceptors (Lipinski definition) is 6. The van der Waals surface area contributed by atoms with Gasteiger partial charge in [0.05, 0.1) is 11.4 Å². The summed E-state index contributed by atoms with van der Waals surface area (Å²) in [4.78, 5) is 0. The lowest BCUT2D eigenvalue weighted by Crippen LogP contribution is -2.41. The van der Waals surface area contributed by atoms with E-state index in [1.165, 1.54) is 0 Å². The van der Waals surface area contributed by atoms with E-state index in [-0.39, 0.29) is 24.3 Å². The molecule has 24 heavy (non-hydrogen) atoms. The van der Waals surface area contributed by atoms with Gasteiger partial charge in [-0.1, -0.05) is 71.0 Å². The Kier molecular flexibility index (Phi) is 6.48. The van der Waals surface area contributed by atoms with Crippen molar-refractivity contribution >= 4 is 11.4 Å². The van der Waals surface area contributed by atoms with Crippen LogP contribution in [-0.2, 0) is 12.8 Å². The van der Waals surface area contributed by atoms with Gasteiger partial charge < -0.3 is 20.6 Å². The number of oxime groups is 2. The smallest absolute Gasteiger partial charge is 0.127 e. The largest absolute Gasteiger partial charge is 0.411 e. The topological polar surface area (TPSA) is 106 Å². The number of aliphatic hydroxyl groups excluding tert-OH is 2. The predicted molar refractivity (Wildman–Crippen MR) is 90.7 cm³/mol. The van der Waals surface area contributed by atoms with Crippen LogP contribution in [0.1, 0.15) is 11.1 Å². The number of rotatable bonds is 7. The molecule has 2 atom stereocenters. The van der Waals surface area contributed by atoms with Gasteiger partial charge in [-0.05, 0) is 11.1 Å². The first-order valence-corrected chi connectivity index (χ1v) is 7.51. The average Bonchev–Trinajstić information content (AvgIpc) is 2.64. The summed E-state index contributed by atoms with van der Waals surface area (Å²) in [5.74, 6) is 0. The molecule has 0 saturated heterocycles. The van der Waals surface area contributed by atoms with Gasteiger partial charge in [-0.3, -0.25) is 0 Å². The van der Waals surface area contributed by atoms with Crippen LogP contribution in [0.15, 0.2) is 71.0 Å². The maximum absolute atomic E-state index is 10.3. The van der Waals surface area contributed by atoms with Crippen LogP contribution in [0, 0.1) is 0 Å². The number of hydrogen-bond donors (Lipinski definition) is 4. The van der Waals surface area contributed by atoms with E-state index in [0.717, 1.165) is 11.1 Å². The minimum absolute atomic E-state index is 0.0112. The van der Waals surface area contributed by atoms with Crippen LogP contribution >= 0.6 is 0 Å². The molecule has 6 nitrogen and oxygen atoms in total. The molecule has 0 bridgehead atoms. The van der Waals surface area contributed by atoms with E-state index >= 15 is 0 Å². The standard InChI is InChI=1S/C18H20N2O4/c21-17(15(19-23)11-13-7-3-1-4-8-13)18(22)16(20-24)12-14-9-5-2-6-10-14/h1-10,17-18,21-24H,11-12H2. The zero-order valence-electron chi connectivity index (χ0n) is 13.0. The molecule has 0 amide bonds. The van der Waals surface area contributed by atoms with Gasteiger partial charge in [-0.15, -0.1) is 0 Å². The quantitative estimate of drug-likeness (QED) is 0.353. The van der Waals surface area contributed by atoms with E-state index in [9.17, 15) is 10.2 Å². The molecular formula is C18H20N2O4. The van der Waals surface area contributed by atoms with Crippen molar-refractivity contribution in [1.29, 1.82) is 0 Å². The zero-order valence-corrected chi connectivity index (χ0v) is 13.0. The lowest BCUT2D eigenvalue weighted by atomic mass is 9.95. The van der Waals surface area contributed by atoms with Crippen molar-refractivity contribution in [2.24, 2.45) is 10.3 Å². The number of nitrogens with zero attached hydrogens (tertiary/aromatic N) is 2. The molecule has 0 radical (unpaired) electrons. The molecule has 0 aromatic heterocycles. The summed E-state index contributed by atoms with van der Waals surface area (Å²) < 4.78 is 0. The molecule has 2 rings (SSSR count). The number of aliphatic hydroxyl groups is 2. The summed E-state index contributed by atoms with van der Waals surface area (Å²) in [6.45, 7) is 0. The second kappa shape index (κ2) is 8.81. The fourth-order valence-electron chi connectivity index (χ4n) is 2.37. The van der Waals surface area contributed by atoms with E-state index in [1.54, 1.807) is 0 Å². The molecule has 0 fully saturated rings. The van der Waals surface area contributed by atoms with Crippen molar-refractivity contribution in [3.63, 3.8) is 0 Å². The van der Waals surface area contributed by atoms with Crippen LogP contribution in [0.2, 0.25) is 0 Å². The van der Waals surface area contributed by atoms with Crippen LogP contribution in [-0.4, -0.2) is 44.3 Å². The Bertz CT molecular complexity index is 625. The molecule has 0 aliphatic carbocycles. The lowest BCUT2D eigenvalue weighted by molar-refractivity contribution is 0.0980. The molecule has 0 heterocycles. The first kappa shape index (κ1) is 17.7. The van der Waals surface area contributed by atoms with Crippen LogP contribution in [0.4, 0.5) is 0 Å². The van der Waals surface area contributed by atoms with Gasteiger partial charge >= 0.3 is 0 Å². The Hall–Kier alpha value is -2.70. The molecular weight excluding hydrogens is 308 g/mol. The summed E-state index contributed by atoms with van der Waals surface area (Å²) >= 11 is 0. The zero-order chi connectivity index (χ0) is 17.4. The first-order valence-electron chi connectivity index (χ1n) is 7.51. The van der Waals surface area contributed by atoms with E-state index in [2.05, 4.69) is 10.3 Å². The molecule has 2 aromatic rings. The summed E-state index contributed by atoms with van der Waals surface area (Å²) in [7, 11) is 0. The SMILES string of the molecule is ON=C(Cc1ccccc1)C(O)C(O)C(Cc1ccccc1)=NO. The summed E-state index contributed by atoms with van der Waals surface area (Å²) in [6.07, 6.45) is -2.63. The fraction of sp³-hybridized carbons (Fsp3) is 0.222. The molecule has 4 N–H and O–H groups in total. The Morgan fingerprint density at radius 1 is 0.667 bits per heavy atom. The molecule has 2 aromatic carbocycles. The van der Waals surface area contributed by atoms with Crippen molar-refractivity contribution in [3.8, 4) is 0 Å². The van der Waals surface area contributed by atoms with Gasteiger partial charge in [0.2, 0.25) is 0 Å². The van der Waals surface area contributed by atoms with E-state index in [4.69, 9.17) is 10.4 Å². The third kappa shape index (κ3) is 4.65. The highest BCUT2D eigenvalue weighted by Crippen LogP contribution is 2.10. The highest BCUT2D eigenvalue weighted by atomic mass is 16.4. The van der Waals surface area contributed by atoms with Crippen LogP contribution in [0.3, 0.4) is 0 Å². The highest BCUT2D eigenvalue weighted by molar-refractivity contribution is 5.99. The van der Waals surface area contributed by atoms with E-state index < -0.39 is 12.2 Å². The molecule has 6 heteroatoms. The normalized spacial score (nSPS) is 15.1. The van der Waals surface area contributed by atoms with Crippen molar-refractivity contribution in [1.82, 2.24) is 0 Å². The van der Waals surface area contributed by atoms with Gasteiger partial charge in [-0.2, -0.15) is 0 Å². The van der Waals surface area contributed by atoms with Crippen LogP contribution < -0.4 is 0 Å². The Morgan fingerprint density at radius 2 is 1.00 bits per heavy atom. The third-order valence-corrected chi connectivity index (χ3v) is 3.69. The monoisotopic (exact) mass is 328 g/mol. The van der Waals surface area contributed by atoms with Gasteiger partial charge in [0.1, 0.15) is 12.2 Å². The third-order valence-electron chi connectivity index (χ3n) is 3.69. The van der Waals surface area contributed by atoms with Crippen molar-refractivity contribution in [2.75, 3.05) is 0 Å². The number of benzene rings is 2. The highest BCUT2D eigenvalue weighted by Gasteiger charge is 2.28. The van der Waals surface area contributed by atoms with E-state index in [0.29, 0.717) is 0 Å². The van der Waals surface area contributed by atoms with Gasteiger partial charge in [0, 0.05) is 12.8 Å². The summed E-state index contributed by atoms with van der Waals surface area (Å²) in [5, 5.41) is 45.1. The van der Waals surface area contributed by atoms with E-state index in [1.807, 2.05) is 60.7 Å². The molecule has 126 valence electrons. The minimum Gasteiger partial charge on any atom is -0.411 e. The molecule has 0 aliphatic heterocycles. The fourth-order valence-corrected chi connectivity index (χ4v) is 2.37. The maximum Gasteiger partial charge on any atom is 0.127 e. The Labute approximate surface area is 140 Å². The first-order chi connectivity index (χ1) is 11.7. The van der Waals surface area contributed by atoms with Crippen molar-refractivity contribution in [2.45, 2.75) is 25.0 Å². The predicted octanol–water partition coefficient (Wildman–Crippen LogP) is 1.85. The summed E-state index contributed by atoms with van der Waals surface area (Å²) in [6, 6.07) is 18.2. The summed E-state index contributed by atoms with van der Waals surface area (Å²) in [5.41, 5.74) is 1.62. The minimum atomic E-state index is -1.48. The molecule has 2 unspecified atom stereocenters. The Balaban J connectivity index is 2.09. The van der Waals surface area contributed by atoms with Crippen molar-refractivity contribution in [3.05, 3.63) is 71.8 Å². The van der Waals surface area contributed by atoms with Gasteiger partial charge in [0.15, 0.2) is 0 Å². The molecule has 0 spiro atoms. The maximum atomic E-state index is 10.3. The lowest BCUT2D eigenvalue weighted by Gasteiger charge is -2.20. The Morgan fingerprint density at radius 3 is 1.29 bits per heavy atom.